The molecule has 0 bridgehead atoms. The first-order chi connectivity index (χ1) is 17.8. The maximum atomic E-state index is 13.4. The number of ketones is 1. The number of carboxylic acid groups (broad SMARTS) is 2. The Morgan fingerprint density at radius 1 is 0.868 bits per heavy atom. The minimum atomic E-state index is -0.984. The molecule has 1 saturated heterocycles. The standard InChI is InChI=1S/C31H38N2O5/c1-20(28(35)36)32-14-16-33(17-15-32)25-19-23(18-24-27(25)31(4,5)13-12-30(24,2)3)26(34)11-8-21-6-9-22(10-7-21)29(37)38/h6-11,18-20H,12-17H2,1-5H3,(H,35,36)(H,37,38)/b11-8+. The number of nitrogens with zero attached hydrogens (tertiary/aromatic N) is 2. The maximum Gasteiger partial charge on any atom is 0.335 e. The first-order valence-electron chi connectivity index (χ1n) is 13.3. The van der Waals surface area contributed by atoms with Crippen LogP contribution in [-0.2, 0) is 15.6 Å². The van der Waals surface area contributed by atoms with Crippen molar-refractivity contribution in [2.75, 3.05) is 31.1 Å². The highest BCUT2D eigenvalue weighted by molar-refractivity contribution is 6.07. The highest BCUT2D eigenvalue weighted by Gasteiger charge is 2.40. The molecule has 1 heterocycles. The monoisotopic (exact) mass is 518 g/mol. The Labute approximate surface area is 224 Å². The largest absolute Gasteiger partial charge is 0.480 e. The predicted molar refractivity (Wildman–Crippen MR) is 149 cm³/mol. The number of rotatable bonds is 7. The lowest BCUT2D eigenvalue weighted by atomic mass is 9.62. The molecule has 38 heavy (non-hydrogen) atoms. The van der Waals surface area contributed by atoms with Crippen LogP contribution < -0.4 is 4.90 Å². The van der Waals surface area contributed by atoms with Crippen molar-refractivity contribution in [3.8, 4) is 0 Å². The molecule has 0 amide bonds. The van der Waals surface area contributed by atoms with Crippen molar-refractivity contribution in [2.45, 2.75) is 64.3 Å². The summed E-state index contributed by atoms with van der Waals surface area (Å²) in [4.78, 5) is 40.4. The van der Waals surface area contributed by atoms with E-state index in [2.05, 4.69) is 38.7 Å². The average Bonchev–Trinajstić information content (AvgIpc) is 2.89. The minimum Gasteiger partial charge on any atom is -0.480 e. The van der Waals surface area contributed by atoms with Gasteiger partial charge in [-0.2, -0.15) is 0 Å². The number of anilines is 1. The molecule has 1 aliphatic heterocycles. The number of aliphatic carboxylic acids is 1. The molecule has 0 saturated carbocycles. The smallest absolute Gasteiger partial charge is 0.335 e. The zero-order valence-corrected chi connectivity index (χ0v) is 23.0. The summed E-state index contributed by atoms with van der Waals surface area (Å²) in [5.74, 6) is -1.90. The van der Waals surface area contributed by atoms with Gasteiger partial charge in [0.25, 0.3) is 0 Å². The fourth-order valence-corrected chi connectivity index (χ4v) is 5.66. The third kappa shape index (κ3) is 5.53. The minimum absolute atomic E-state index is 0.0466. The molecule has 7 nitrogen and oxygen atoms in total. The van der Waals surface area contributed by atoms with Gasteiger partial charge >= 0.3 is 11.9 Å². The van der Waals surface area contributed by atoms with Crippen LogP contribution in [0.4, 0.5) is 5.69 Å². The quantitative estimate of drug-likeness (QED) is 0.383. The van der Waals surface area contributed by atoms with Gasteiger partial charge in [0.15, 0.2) is 5.78 Å². The van der Waals surface area contributed by atoms with Crippen molar-refractivity contribution in [1.29, 1.82) is 0 Å². The number of carboxylic acids is 2. The van der Waals surface area contributed by atoms with Crippen LogP contribution >= 0.6 is 0 Å². The van der Waals surface area contributed by atoms with Gasteiger partial charge in [-0.15, -0.1) is 0 Å². The van der Waals surface area contributed by atoms with Crippen molar-refractivity contribution < 1.29 is 24.6 Å². The van der Waals surface area contributed by atoms with Crippen molar-refractivity contribution in [3.63, 3.8) is 0 Å². The van der Waals surface area contributed by atoms with E-state index < -0.39 is 18.0 Å². The number of piperazine rings is 1. The summed E-state index contributed by atoms with van der Waals surface area (Å²) in [6.07, 6.45) is 5.35. The topological polar surface area (TPSA) is 98.2 Å². The van der Waals surface area contributed by atoms with Gasteiger partial charge in [0.05, 0.1) is 5.56 Å². The van der Waals surface area contributed by atoms with Crippen molar-refractivity contribution in [3.05, 3.63) is 70.3 Å². The summed E-state index contributed by atoms with van der Waals surface area (Å²) < 4.78 is 0. The van der Waals surface area contributed by atoms with E-state index in [0.29, 0.717) is 31.7 Å². The third-order valence-electron chi connectivity index (χ3n) is 8.33. The number of allylic oxidation sites excluding steroid dienone is 1. The molecule has 1 aliphatic carbocycles. The van der Waals surface area contributed by atoms with Gasteiger partial charge in [0, 0.05) is 37.4 Å². The number of benzene rings is 2. The molecule has 0 spiro atoms. The van der Waals surface area contributed by atoms with E-state index in [-0.39, 0.29) is 22.2 Å². The van der Waals surface area contributed by atoms with Crippen LogP contribution in [0.1, 0.15) is 84.9 Å². The Kier molecular flexibility index (Phi) is 7.53. The van der Waals surface area contributed by atoms with E-state index >= 15 is 0 Å². The molecular formula is C31H38N2O5. The number of fused-ring (bicyclic) bond motifs is 1. The first kappa shape index (κ1) is 27.6. The number of carbonyl (C=O) groups is 3. The first-order valence-corrected chi connectivity index (χ1v) is 13.3. The van der Waals surface area contributed by atoms with E-state index in [1.807, 2.05) is 11.0 Å². The summed E-state index contributed by atoms with van der Waals surface area (Å²) in [5.41, 5.74) is 5.03. The van der Waals surface area contributed by atoms with Gasteiger partial charge in [-0.1, -0.05) is 45.9 Å². The Balaban J connectivity index is 1.70. The number of hydrogen-bond donors (Lipinski definition) is 2. The molecule has 0 aromatic heterocycles. The van der Waals surface area contributed by atoms with Crippen LogP contribution in [-0.4, -0.2) is 65.1 Å². The molecule has 2 aromatic carbocycles. The molecule has 2 aromatic rings. The number of aromatic carboxylic acids is 1. The molecule has 1 unspecified atom stereocenters. The van der Waals surface area contributed by atoms with Crippen LogP contribution in [0.15, 0.2) is 42.5 Å². The molecular weight excluding hydrogens is 480 g/mol. The summed E-state index contributed by atoms with van der Waals surface area (Å²) in [6.45, 7) is 13.5. The molecule has 1 fully saturated rings. The second-order valence-corrected chi connectivity index (χ2v) is 11.8. The molecule has 0 radical (unpaired) electrons. The fourth-order valence-electron chi connectivity index (χ4n) is 5.66. The van der Waals surface area contributed by atoms with E-state index in [1.165, 1.54) is 23.3 Å². The predicted octanol–water partition coefficient (Wildman–Crippen LogP) is 5.23. The molecule has 4 rings (SSSR count). The van der Waals surface area contributed by atoms with Crippen LogP contribution in [0.25, 0.3) is 6.08 Å². The number of carbonyl (C=O) groups excluding carboxylic acids is 1. The molecule has 1 atom stereocenters. The van der Waals surface area contributed by atoms with Crippen LogP contribution in [0, 0.1) is 0 Å². The van der Waals surface area contributed by atoms with Gasteiger partial charge in [0.1, 0.15) is 6.04 Å². The van der Waals surface area contributed by atoms with Crippen LogP contribution in [0.2, 0.25) is 0 Å². The lowest BCUT2D eigenvalue weighted by Crippen LogP contribution is -2.52. The average molecular weight is 519 g/mol. The van der Waals surface area contributed by atoms with Gasteiger partial charge in [0.2, 0.25) is 0 Å². The summed E-state index contributed by atoms with van der Waals surface area (Å²) in [7, 11) is 0. The number of hydrogen-bond acceptors (Lipinski definition) is 5. The van der Waals surface area contributed by atoms with Crippen molar-refractivity contribution in [2.24, 2.45) is 0 Å². The summed E-state index contributed by atoms with van der Waals surface area (Å²) in [6, 6.07) is 9.98. The van der Waals surface area contributed by atoms with E-state index in [4.69, 9.17) is 5.11 Å². The Morgan fingerprint density at radius 3 is 2.05 bits per heavy atom. The molecule has 2 N–H and O–H groups in total. The lowest BCUT2D eigenvalue weighted by molar-refractivity contribution is -0.142. The second-order valence-electron chi connectivity index (χ2n) is 11.8. The molecule has 202 valence electrons. The Bertz CT molecular complexity index is 1270. The SMILES string of the molecule is CC(C(=O)O)N1CCN(c2cc(C(=O)/C=C/c3ccc(C(=O)O)cc3)cc3c2C(C)(C)CCC3(C)C)CC1. The van der Waals surface area contributed by atoms with Gasteiger partial charge in [-0.05, 0) is 77.6 Å². The van der Waals surface area contributed by atoms with Gasteiger partial charge < -0.3 is 15.1 Å². The third-order valence-corrected chi connectivity index (χ3v) is 8.33. The summed E-state index contributed by atoms with van der Waals surface area (Å²) in [5, 5.41) is 18.6. The fraction of sp³-hybridized carbons (Fsp3) is 0.452. The van der Waals surface area contributed by atoms with E-state index in [9.17, 15) is 19.5 Å². The van der Waals surface area contributed by atoms with Crippen LogP contribution in [0.5, 0.6) is 0 Å². The highest BCUT2D eigenvalue weighted by atomic mass is 16.4. The zero-order valence-electron chi connectivity index (χ0n) is 23.0. The van der Waals surface area contributed by atoms with Gasteiger partial charge in [-0.3, -0.25) is 14.5 Å². The second kappa shape index (κ2) is 10.4. The maximum absolute atomic E-state index is 13.4. The summed E-state index contributed by atoms with van der Waals surface area (Å²) >= 11 is 0. The zero-order chi connectivity index (χ0) is 27.8. The van der Waals surface area contributed by atoms with Crippen molar-refractivity contribution in [1.82, 2.24) is 4.90 Å². The Hall–Kier alpha value is -3.45. The lowest BCUT2D eigenvalue weighted by Gasteiger charge is -2.46. The van der Waals surface area contributed by atoms with Crippen molar-refractivity contribution >= 4 is 29.5 Å². The highest BCUT2D eigenvalue weighted by Crippen LogP contribution is 2.50. The molecule has 2 aliphatic rings. The molecule has 7 heteroatoms. The normalized spacial score (nSPS) is 19.7. The van der Waals surface area contributed by atoms with E-state index in [1.54, 1.807) is 31.2 Å². The Morgan fingerprint density at radius 2 is 1.47 bits per heavy atom. The van der Waals surface area contributed by atoms with E-state index in [0.717, 1.165) is 24.1 Å². The van der Waals surface area contributed by atoms with Crippen LogP contribution in [0.3, 0.4) is 0 Å². The van der Waals surface area contributed by atoms with Gasteiger partial charge in [-0.25, -0.2) is 4.79 Å².